The molecule has 1 aliphatic heterocycles. The van der Waals surface area contributed by atoms with Crippen molar-refractivity contribution in [3.63, 3.8) is 0 Å². The molecule has 2 fully saturated rings. The fraction of sp³-hybridized carbons (Fsp3) is 0.500. The van der Waals surface area contributed by atoms with Gasteiger partial charge in [-0.1, -0.05) is 60.7 Å². The number of benzene rings is 2. The van der Waals surface area contributed by atoms with Gasteiger partial charge in [-0.05, 0) is 69.8 Å². The lowest BCUT2D eigenvalue weighted by Crippen LogP contribution is -2.48. The van der Waals surface area contributed by atoms with E-state index >= 15 is 0 Å². The molecule has 2 aromatic rings. The van der Waals surface area contributed by atoms with Crippen molar-refractivity contribution in [1.82, 2.24) is 9.80 Å². The molecule has 1 heterocycles. The Morgan fingerprint density at radius 2 is 1.63 bits per heavy atom. The van der Waals surface area contributed by atoms with Gasteiger partial charge in [0.15, 0.2) is 0 Å². The first-order valence-electron chi connectivity index (χ1n) is 11.3. The van der Waals surface area contributed by atoms with Crippen molar-refractivity contribution in [2.45, 2.75) is 49.6 Å². The first-order valence-corrected chi connectivity index (χ1v) is 11.3. The predicted molar refractivity (Wildman–Crippen MR) is 122 cm³/mol. The standard InChI is InChI=1S/C26H35N3O/c1-28-17-9-14-24(28)19-29(2)23-16-15-22(18-23)26(25(27)30,20-10-5-3-6-11-20)21-12-7-4-8-13-21/h3-8,10-13,22-24H,9,14-19H2,1-2H3,(H2,27,30)/t22?,23?,24-/m1/s1. The Morgan fingerprint density at radius 3 is 2.13 bits per heavy atom. The normalized spacial score (nSPS) is 25.1. The average Bonchev–Trinajstić information content (AvgIpc) is 3.40. The van der Waals surface area contributed by atoms with E-state index in [1.165, 1.54) is 19.4 Å². The molecule has 1 saturated heterocycles. The molecule has 4 rings (SSSR count). The number of nitrogens with zero attached hydrogens (tertiary/aromatic N) is 2. The van der Waals surface area contributed by atoms with Crippen molar-refractivity contribution in [1.29, 1.82) is 0 Å². The van der Waals surface area contributed by atoms with E-state index < -0.39 is 5.41 Å². The number of amides is 1. The number of carbonyl (C=O) groups excluding carboxylic acids is 1. The summed E-state index contributed by atoms with van der Waals surface area (Å²) in [4.78, 5) is 18.2. The zero-order valence-corrected chi connectivity index (χ0v) is 18.3. The van der Waals surface area contributed by atoms with Crippen LogP contribution in [0, 0.1) is 5.92 Å². The predicted octanol–water partition coefficient (Wildman–Crippen LogP) is 3.65. The SMILES string of the molecule is CN(C[C@H]1CCCN1C)C1CCC(C(C(N)=O)(c2ccccc2)c2ccccc2)C1. The molecule has 160 valence electrons. The minimum atomic E-state index is -0.776. The van der Waals surface area contributed by atoms with Crippen molar-refractivity contribution in [3.05, 3.63) is 71.8 Å². The van der Waals surface area contributed by atoms with E-state index in [0.717, 1.165) is 36.9 Å². The van der Waals surface area contributed by atoms with Gasteiger partial charge >= 0.3 is 0 Å². The second-order valence-corrected chi connectivity index (χ2v) is 9.28. The van der Waals surface area contributed by atoms with Gasteiger partial charge in [0.1, 0.15) is 5.41 Å². The van der Waals surface area contributed by atoms with Crippen LogP contribution in [0.1, 0.15) is 43.2 Å². The van der Waals surface area contributed by atoms with Gasteiger partial charge in [-0.15, -0.1) is 0 Å². The van der Waals surface area contributed by atoms with Gasteiger partial charge in [0.25, 0.3) is 0 Å². The Hall–Kier alpha value is -2.17. The second-order valence-electron chi connectivity index (χ2n) is 9.28. The molecule has 1 amide bonds. The lowest BCUT2D eigenvalue weighted by atomic mass is 9.64. The summed E-state index contributed by atoms with van der Waals surface area (Å²) in [6.07, 6.45) is 5.72. The van der Waals surface area contributed by atoms with E-state index in [9.17, 15) is 4.79 Å². The molecule has 30 heavy (non-hydrogen) atoms. The molecule has 2 unspecified atom stereocenters. The fourth-order valence-electron chi connectivity index (χ4n) is 5.97. The van der Waals surface area contributed by atoms with Crippen LogP contribution in [-0.4, -0.2) is 55.0 Å². The van der Waals surface area contributed by atoms with Crippen molar-refractivity contribution < 1.29 is 4.79 Å². The van der Waals surface area contributed by atoms with Gasteiger partial charge in [-0.25, -0.2) is 0 Å². The number of nitrogens with two attached hydrogens (primary N) is 1. The zero-order chi connectivity index (χ0) is 21.1. The molecule has 2 aliphatic rings. The van der Waals surface area contributed by atoms with Crippen molar-refractivity contribution in [3.8, 4) is 0 Å². The average molecular weight is 406 g/mol. The van der Waals surface area contributed by atoms with E-state index in [0.29, 0.717) is 12.1 Å². The van der Waals surface area contributed by atoms with Crippen LogP contribution in [0.25, 0.3) is 0 Å². The zero-order valence-electron chi connectivity index (χ0n) is 18.3. The number of likely N-dealkylation sites (N-methyl/N-ethyl adjacent to an activating group) is 2. The van der Waals surface area contributed by atoms with Gasteiger partial charge in [0.05, 0.1) is 0 Å². The lowest BCUT2D eigenvalue weighted by Gasteiger charge is -2.38. The maximum atomic E-state index is 13.2. The van der Waals surface area contributed by atoms with Crippen LogP contribution in [0.4, 0.5) is 0 Å². The molecule has 2 aromatic carbocycles. The molecular weight excluding hydrogens is 370 g/mol. The van der Waals surface area contributed by atoms with E-state index in [2.05, 4.69) is 48.2 Å². The molecule has 4 heteroatoms. The van der Waals surface area contributed by atoms with Crippen LogP contribution in [0.2, 0.25) is 0 Å². The first-order chi connectivity index (χ1) is 14.5. The van der Waals surface area contributed by atoms with Gasteiger partial charge in [0, 0.05) is 18.6 Å². The molecular formula is C26H35N3O. The van der Waals surface area contributed by atoms with E-state index in [1.807, 2.05) is 36.4 Å². The molecule has 0 radical (unpaired) electrons. The third kappa shape index (κ3) is 3.79. The monoisotopic (exact) mass is 405 g/mol. The highest BCUT2D eigenvalue weighted by atomic mass is 16.1. The highest BCUT2D eigenvalue weighted by Gasteiger charge is 2.50. The quantitative estimate of drug-likeness (QED) is 0.765. The van der Waals surface area contributed by atoms with Gasteiger partial charge in [0.2, 0.25) is 5.91 Å². The minimum absolute atomic E-state index is 0.202. The molecule has 2 N–H and O–H groups in total. The third-order valence-corrected chi connectivity index (χ3v) is 7.66. The summed E-state index contributed by atoms with van der Waals surface area (Å²) in [5.74, 6) is -0.0303. The Bertz CT molecular complexity index is 798. The van der Waals surface area contributed by atoms with Crippen LogP contribution in [0.5, 0.6) is 0 Å². The Labute approximate surface area is 181 Å². The Kier molecular flexibility index (Phi) is 6.26. The van der Waals surface area contributed by atoms with Gasteiger partial charge in [-0.2, -0.15) is 0 Å². The number of carbonyl (C=O) groups is 1. The Morgan fingerprint density at radius 1 is 1.03 bits per heavy atom. The summed E-state index contributed by atoms with van der Waals surface area (Å²) in [7, 11) is 4.50. The molecule has 0 aromatic heterocycles. The summed E-state index contributed by atoms with van der Waals surface area (Å²) in [5.41, 5.74) is 7.49. The van der Waals surface area contributed by atoms with Crippen LogP contribution >= 0.6 is 0 Å². The summed E-state index contributed by atoms with van der Waals surface area (Å²) < 4.78 is 0. The maximum Gasteiger partial charge on any atom is 0.232 e. The van der Waals surface area contributed by atoms with Crippen LogP contribution in [-0.2, 0) is 10.2 Å². The van der Waals surface area contributed by atoms with Crippen molar-refractivity contribution in [2.75, 3.05) is 27.2 Å². The number of primary amides is 1. The van der Waals surface area contributed by atoms with E-state index in [1.54, 1.807) is 0 Å². The van der Waals surface area contributed by atoms with Gasteiger partial charge < -0.3 is 15.5 Å². The fourth-order valence-corrected chi connectivity index (χ4v) is 5.97. The summed E-state index contributed by atoms with van der Waals surface area (Å²) in [6, 6.07) is 21.5. The first kappa shape index (κ1) is 21.1. The molecule has 3 atom stereocenters. The molecule has 0 spiro atoms. The maximum absolute atomic E-state index is 13.2. The largest absolute Gasteiger partial charge is 0.369 e. The van der Waals surface area contributed by atoms with Crippen LogP contribution in [0.3, 0.4) is 0 Å². The minimum Gasteiger partial charge on any atom is -0.369 e. The summed E-state index contributed by atoms with van der Waals surface area (Å²) in [6.45, 7) is 2.31. The summed E-state index contributed by atoms with van der Waals surface area (Å²) >= 11 is 0. The highest BCUT2D eigenvalue weighted by Crippen LogP contribution is 2.47. The molecule has 1 saturated carbocycles. The smallest absolute Gasteiger partial charge is 0.232 e. The number of rotatable bonds is 7. The lowest BCUT2D eigenvalue weighted by molar-refractivity contribution is -0.123. The van der Waals surface area contributed by atoms with Gasteiger partial charge in [-0.3, -0.25) is 4.79 Å². The van der Waals surface area contributed by atoms with Crippen molar-refractivity contribution in [2.24, 2.45) is 11.7 Å². The number of likely N-dealkylation sites (tertiary alicyclic amines) is 1. The second kappa shape index (κ2) is 8.91. The van der Waals surface area contributed by atoms with Crippen LogP contribution < -0.4 is 5.73 Å². The highest BCUT2D eigenvalue weighted by molar-refractivity contribution is 5.91. The van der Waals surface area contributed by atoms with E-state index in [4.69, 9.17) is 5.73 Å². The number of hydrogen-bond acceptors (Lipinski definition) is 3. The molecule has 1 aliphatic carbocycles. The van der Waals surface area contributed by atoms with Crippen molar-refractivity contribution >= 4 is 5.91 Å². The van der Waals surface area contributed by atoms with Crippen LogP contribution in [0.15, 0.2) is 60.7 Å². The molecule has 0 bridgehead atoms. The number of hydrogen-bond donors (Lipinski definition) is 1. The molecule has 4 nitrogen and oxygen atoms in total. The third-order valence-electron chi connectivity index (χ3n) is 7.66. The topological polar surface area (TPSA) is 49.6 Å². The Balaban J connectivity index is 1.63. The summed E-state index contributed by atoms with van der Waals surface area (Å²) in [5, 5.41) is 0. The van der Waals surface area contributed by atoms with E-state index in [-0.39, 0.29) is 11.8 Å².